The van der Waals surface area contributed by atoms with Gasteiger partial charge in [0.15, 0.2) is 0 Å². The molecule has 10 heteroatoms. The van der Waals surface area contributed by atoms with Crippen LogP contribution in [0.4, 0.5) is 17.1 Å². The molecule has 0 saturated heterocycles. The van der Waals surface area contributed by atoms with E-state index in [4.69, 9.17) is 40.1 Å². The Labute approximate surface area is 162 Å². The number of carbonyl (C=O) groups excluding carboxylic acids is 1. The van der Waals surface area contributed by atoms with Gasteiger partial charge in [-0.3, -0.25) is 14.9 Å². The zero-order valence-electron chi connectivity index (χ0n) is 12.8. The van der Waals surface area contributed by atoms with Crippen molar-refractivity contribution in [3.05, 3.63) is 73.4 Å². The third-order valence-corrected chi connectivity index (χ3v) is 4.15. The predicted octanol–water partition coefficient (Wildman–Crippen LogP) is 5.01. The van der Waals surface area contributed by atoms with Gasteiger partial charge in [0, 0.05) is 24.0 Å². The molecule has 2 rings (SSSR count). The number of halogens is 3. The van der Waals surface area contributed by atoms with Crippen LogP contribution in [0.3, 0.4) is 0 Å². The number of carbonyl (C=O) groups is 1. The summed E-state index contributed by atoms with van der Waals surface area (Å²) in [5, 5.41) is 25.8. The van der Waals surface area contributed by atoms with E-state index < -0.39 is 10.8 Å². The number of rotatable bonds is 5. The second kappa shape index (κ2) is 8.54. The molecule has 0 aromatic heterocycles. The van der Waals surface area contributed by atoms with Crippen molar-refractivity contribution in [2.75, 3.05) is 10.6 Å². The number of hydrogen-bond donors (Lipinski definition) is 2. The maximum Gasteiger partial charge on any atom is 0.271 e. The van der Waals surface area contributed by atoms with E-state index in [1.165, 1.54) is 24.4 Å². The number of nitro benzene ring substituents is 1. The molecule has 132 valence electrons. The highest BCUT2D eigenvalue weighted by atomic mass is 35.5. The number of nitriles is 1. The summed E-state index contributed by atoms with van der Waals surface area (Å²) in [4.78, 5) is 22.4. The van der Waals surface area contributed by atoms with Crippen molar-refractivity contribution in [1.29, 1.82) is 5.26 Å². The SMILES string of the molecule is N#C/C(=C/Nc1ccc(Cl)c(Cl)c1)C(=O)Nc1cc([N+](=O)[O-])ccc1Cl. The number of nitrogens with one attached hydrogen (secondary N) is 2. The summed E-state index contributed by atoms with van der Waals surface area (Å²) in [6.07, 6.45) is 1.17. The van der Waals surface area contributed by atoms with Gasteiger partial charge in [-0.1, -0.05) is 34.8 Å². The molecule has 0 spiro atoms. The van der Waals surface area contributed by atoms with Gasteiger partial charge in [0.2, 0.25) is 0 Å². The zero-order valence-corrected chi connectivity index (χ0v) is 15.1. The molecule has 0 aliphatic carbocycles. The summed E-state index contributed by atoms with van der Waals surface area (Å²) in [7, 11) is 0. The van der Waals surface area contributed by atoms with Crippen LogP contribution in [-0.4, -0.2) is 10.8 Å². The van der Waals surface area contributed by atoms with E-state index in [0.717, 1.165) is 6.07 Å². The van der Waals surface area contributed by atoms with Gasteiger partial charge in [-0.15, -0.1) is 0 Å². The van der Waals surface area contributed by atoms with Crippen LogP contribution in [-0.2, 0) is 4.79 Å². The first kappa shape index (κ1) is 19.5. The molecule has 26 heavy (non-hydrogen) atoms. The van der Waals surface area contributed by atoms with Gasteiger partial charge in [-0.2, -0.15) is 5.26 Å². The van der Waals surface area contributed by atoms with E-state index in [1.807, 2.05) is 0 Å². The first-order chi connectivity index (χ1) is 12.3. The third-order valence-electron chi connectivity index (χ3n) is 3.08. The Morgan fingerprint density at radius 1 is 1.12 bits per heavy atom. The molecule has 1 amide bonds. The summed E-state index contributed by atoms with van der Waals surface area (Å²) >= 11 is 17.6. The summed E-state index contributed by atoms with van der Waals surface area (Å²) in [6, 6.07) is 9.98. The molecule has 0 bridgehead atoms. The predicted molar refractivity (Wildman–Crippen MR) is 101 cm³/mol. The van der Waals surface area contributed by atoms with Gasteiger partial charge in [0.05, 0.1) is 25.7 Å². The van der Waals surface area contributed by atoms with E-state index >= 15 is 0 Å². The van der Waals surface area contributed by atoms with Crippen LogP contribution < -0.4 is 10.6 Å². The topological polar surface area (TPSA) is 108 Å². The summed E-state index contributed by atoms with van der Waals surface area (Å²) in [5.74, 6) is -0.789. The molecule has 0 atom stereocenters. The number of nitro groups is 1. The van der Waals surface area contributed by atoms with Gasteiger partial charge in [-0.05, 0) is 24.3 Å². The minimum Gasteiger partial charge on any atom is -0.360 e. The fourth-order valence-corrected chi connectivity index (χ4v) is 2.27. The van der Waals surface area contributed by atoms with Crippen LogP contribution in [0.5, 0.6) is 0 Å². The molecule has 0 fully saturated rings. The van der Waals surface area contributed by atoms with Crippen LogP contribution in [0, 0.1) is 21.4 Å². The second-order valence-corrected chi connectivity index (χ2v) is 6.04. The van der Waals surface area contributed by atoms with E-state index in [1.54, 1.807) is 18.2 Å². The Morgan fingerprint density at radius 3 is 2.42 bits per heavy atom. The molecule has 0 aliphatic rings. The first-order valence-electron chi connectivity index (χ1n) is 6.89. The minimum absolute atomic E-state index is 0.0153. The van der Waals surface area contributed by atoms with E-state index in [9.17, 15) is 14.9 Å². The van der Waals surface area contributed by atoms with E-state index in [0.29, 0.717) is 15.7 Å². The van der Waals surface area contributed by atoms with E-state index in [2.05, 4.69) is 10.6 Å². The molecule has 0 saturated carbocycles. The molecule has 7 nitrogen and oxygen atoms in total. The number of non-ortho nitro benzene ring substituents is 1. The Kier molecular flexibility index (Phi) is 6.41. The van der Waals surface area contributed by atoms with E-state index in [-0.39, 0.29) is 22.0 Å². The molecular weight excluding hydrogens is 403 g/mol. The molecule has 2 aromatic rings. The third kappa shape index (κ3) is 4.86. The number of anilines is 2. The van der Waals surface area contributed by atoms with Crippen LogP contribution >= 0.6 is 34.8 Å². The number of hydrogen-bond acceptors (Lipinski definition) is 5. The Hall–Kier alpha value is -2.79. The summed E-state index contributed by atoms with van der Waals surface area (Å²) in [6.45, 7) is 0. The lowest BCUT2D eigenvalue weighted by atomic mass is 10.2. The maximum absolute atomic E-state index is 12.2. The van der Waals surface area contributed by atoms with Crippen LogP contribution in [0.2, 0.25) is 15.1 Å². The van der Waals surface area contributed by atoms with Crippen LogP contribution in [0.25, 0.3) is 0 Å². The van der Waals surface area contributed by atoms with Crippen molar-refractivity contribution in [2.24, 2.45) is 0 Å². The standard InChI is InChI=1S/C16H9Cl3N4O3/c17-12-3-1-10(5-14(12)19)21-8-9(7-20)16(24)22-15-6-11(23(25)26)2-4-13(15)18/h1-6,8,21H,(H,22,24)/b9-8-. The fraction of sp³-hybridized carbons (Fsp3) is 0. The summed E-state index contributed by atoms with van der Waals surface area (Å²) in [5.41, 5.74) is -0.00495. The highest BCUT2D eigenvalue weighted by Gasteiger charge is 2.15. The molecule has 0 aliphatic heterocycles. The maximum atomic E-state index is 12.2. The fourth-order valence-electron chi connectivity index (χ4n) is 1.80. The smallest absolute Gasteiger partial charge is 0.271 e. The van der Waals surface area contributed by atoms with Gasteiger partial charge >= 0.3 is 0 Å². The highest BCUT2D eigenvalue weighted by Crippen LogP contribution is 2.27. The van der Waals surface area contributed by atoms with Crippen molar-refractivity contribution < 1.29 is 9.72 Å². The zero-order chi connectivity index (χ0) is 19.3. The van der Waals surface area contributed by atoms with Gasteiger partial charge in [0.25, 0.3) is 11.6 Å². The van der Waals surface area contributed by atoms with Crippen molar-refractivity contribution in [1.82, 2.24) is 0 Å². The van der Waals surface area contributed by atoms with Crippen molar-refractivity contribution >= 4 is 57.8 Å². The van der Waals surface area contributed by atoms with Gasteiger partial charge < -0.3 is 10.6 Å². The lowest BCUT2D eigenvalue weighted by Gasteiger charge is -2.07. The Morgan fingerprint density at radius 2 is 1.81 bits per heavy atom. The largest absolute Gasteiger partial charge is 0.360 e. The van der Waals surface area contributed by atoms with Crippen LogP contribution in [0.15, 0.2) is 48.2 Å². The van der Waals surface area contributed by atoms with Crippen LogP contribution in [0.1, 0.15) is 0 Å². The Balaban J connectivity index is 2.18. The Bertz CT molecular complexity index is 954. The normalized spacial score (nSPS) is 10.8. The first-order valence-corrected chi connectivity index (χ1v) is 8.02. The minimum atomic E-state index is -0.789. The molecular formula is C16H9Cl3N4O3. The van der Waals surface area contributed by atoms with Crippen molar-refractivity contribution in [2.45, 2.75) is 0 Å². The number of amides is 1. The monoisotopic (exact) mass is 410 g/mol. The number of benzene rings is 2. The average Bonchev–Trinajstić information content (AvgIpc) is 2.60. The summed E-state index contributed by atoms with van der Waals surface area (Å²) < 4.78 is 0. The quantitative estimate of drug-likeness (QED) is 0.311. The number of nitrogens with zero attached hydrogens (tertiary/aromatic N) is 2. The molecule has 0 radical (unpaired) electrons. The highest BCUT2D eigenvalue weighted by molar-refractivity contribution is 6.42. The molecule has 2 N–H and O–H groups in total. The second-order valence-electron chi connectivity index (χ2n) is 4.82. The van der Waals surface area contributed by atoms with Crippen molar-refractivity contribution in [3.63, 3.8) is 0 Å². The lowest BCUT2D eigenvalue weighted by molar-refractivity contribution is -0.384. The average molecular weight is 412 g/mol. The van der Waals surface area contributed by atoms with Gasteiger partial charge in [-0.25, -0.2) is 0 Å². The lowest BCUT2D eigenvalue weighted by Crippen LogP contribution is -2.15. The molecule has 2 aromatic carbocycles. The molecule has 0 unspecified atom stereocenters. The van der Waals surface area contributed by atoms with Gasteiger partial charge in [0.1, 0.15) is 11.6 Å². The van der Waals surface area contributed by atoms with Crippen molar-refractivity contribution in [3.8, 4) is 6.07 Å². The molecule has 0 heterocycles.